The number of hydrogen-bond donors (Lipinski definition) is 2. The summed E-state index contributed by atoms with van der Waals surface area (Å²) in [6.45, 7) is 4.88. The number of allylic oxidation sites excluding steroid dienone is 2. The van der Waals surface area contributed by atoms with Gasteiger partial charge in [0, 0.05) is 73.8 Å². The Labute approximate surface area is 281 Å². The lowest BCUT2D eigenvalue weighted by Crippen LogP contribution is -2.44. The van der Waals surface area contributed by atoms with Crippen molar-refractivity contribution in [2.45, 2.75) is 45.4 Å². The van der Waals surface area contributed by atoms with Crippen LogP contribution in [0.2, 0.25) is 0 Å². The Kier molecular flexibility index (Phi) is 8.75. The van der Waals surface area contributed by atoms with E-state index in [1.54, 1.807) is 30.4 Å². The van der Waals surface area contributed by atoms with Crippen LogP contribution in [0.1, 0.15) is 41.3 Å². The first kappa shape index (κ1) is 32.0. The summed E-state index contributed by atoms with van der Waals surface area (Å²) >= 11 is 1.48. The Hall–Kier alpha value is -4.59. The number of aliphatic hydroxyl groups is 1. The zero-order valence-corrected chi connectivity index (χ0v) is 28.0. The number of esters is 1. The lowest BCUT2D eigenvalue weighted by molar-refractivity contribution is -0.142. The van der Waals surface area contributed by atoms with E-state index in [0.717, 1.165) is 62.9 Å². The number of nitrogens with one attached hydrogen (secondary N) is 1. The molecule has 5 heterocycles. The highest BCUT2D eigenvalue weighted by atomic mass is 32.1. The third kappa shape index (κ3) is 6.20. The van der Waals surface area contributed by atoms with Crippen molar-refractivity contribution in [2.24, 2.45) is 0 Å². The largest absolute Gasteiger partial charge is 0.461 e. The van der Waals surface area contributed by atoms with E-state index in [1.165, 1.54) is 45.5 Å². The van der Waals surface area contributed by atoms with Crippen molar-refractivity contribution in [2.75, 3.05) is 50.5 Å². The third-order valence-electron chi connectivity index (χ3n) is 9.26. The van der Waals surface area contributed by atoms with Crippen LogP contribution in [0.5, 0.6) is 0 Å². The average Bonchev–Trinajstić information content (AvgIpc) is 3.46. The Morgan fingerprint density at radius 1 is 1.12 bits per heavy atom. The number of nitrogens with zero attached hydrogens (tertiary/aromatic N) is 6. The average molecular weight is 672 g/mol. The highest BCUT2D eigenvalue weighted by molar-refractivity contribution is 7.19. The molecular weight excluding hydrogens is 633 g/mol. The molecule has 7 rings (SSSR count). The number of fused-ring (bicyclic) bond motifs is 3. The van der Waals surface area contributed by atoms with E-state index in [2.05, 4.69) is 32.2 Å². The van der Waals surface area contributed by atoms with E-state index in [1.807, 2.05) is 18.3 Å². The number of ether oxygens (including phenoxy) is 1. The summed E-state index contributed by atoms with van der Waals surface area (Å²) in [5.74, 6) is -0.577. The van der Waals surface area contributed by atoms with Gasteiger partial charge in [0.15, 0.2) is 6.23 Å². The summed E-state index contributed by atoms with van der Waals surface area (Å²) in [6.07, 6.45) is 9.86. The van der Waals surface area contributed by atoms with Gasteiger partial charge in [0.25, 0.3) is 5.56 Å². The van der Waals surface area contributed by atoms with Gasteiger partial charge in [-0.1, -0.05) is 0 Å². The van der Waals surface area contributed by atoms with Gasteiger partial charge in [-0.15, -0.1) is 11.3 Å². The van der Waals surface area contributed by atoms with Crippen LogP contribution < -0.4 is 15.8 Å². The fourth-order valence-electron chi connectivity index (χ4n) is 6.61. The number of aromatic nitrogens is 3. The van der Waals surface area contributed by atoms with Crippen LogP contribution in [-0.2, 0) is 29.0 Å². The first-order valence-corrected chi connectivity index (χ1v) is 17.0. The molecule has 1 aromatic carbocycles. The molecule has 1 fully saturated rings. The zero-order valence-electron chi connectivity index (χ0n) is 27.2. The van der Waals surface area contributed by atoms with Crippen LogP contribution in [0, 0.1) is 5.82 Å². The fraction of sp³-hybridized carbons (Fsp3) is 0.371. The van der Waals surface area contributed by atoms with Crippen LogP contribution in [0.4, 0.5) is 15.9 Å². The SMILES string of the molecule is CC(=O)OCc1c(C2=CN(C)C(O)C(Nc3ccc(N4CCN(C)CC4)cn3)=C2)cc(F)cc1-n1ncc2c3c(sc2c1=O)CCCC3. The first-order valence-electron chi connectivity index (χ1n) is 16.2. The van der Waals surface area contributed by atoms with Crippen molar-refractivity contribution < 1.29 is 19.0 Å². The van der Waals surface area contributed by atoms with Gasteiger partial charge in [-0.2, -0.15) is 9.78 Å². The maximum Gasteiger partial charge on any atom is 0.302 e. The number of likely N-dealkylation sites (N-methyl/N-ethyl adjacent to an activating group) is 2. The molecule has 0 amide bonds. The van der Waals surface area contributed by atoms with E-state index in [0.29, 0.717) is 32.9 Å². The highest BCUT2D eigenvalue weighted by Gasteiger charge is 2.26. The van der Waals surface area contributed by atoms with Crippen LogP contribution in [0.3, 0.4) is 0 Å². The Morgan fingerprint density at radius 2 is 1.92 bits per heavy atom. The maximum atomic E-state index is 15.5. The number of pyridine rings is 1. The van der Waals surface area contributed by atoms with Crippen LogP contribution in [0.15, 0.2) is 59.4 Å². The van der Waals surface area contributed by atoms with Gasteiger partial charge < -0.3 is 29.9 Å². The van der Waals surface area contributed by atoms with Crippen LogP contribution in [0.25, 0.3) is 21.3 Å². The number of benzene rings is 1. The fourth-order valence-corrected chi connectivity index (χ4v) is 7.90. The van der Waals surface area contributed by atoms with Crippen molar-refractivity contribution >= 4 is 44.5 Å². The minimum absolute atomic E-state index is 0.184. The van der Waals surface area contributed by atoms with Gasteiger partial charge in [-0.3, -0.25) is 9.59 Å². The number of rotatable bonds is 7. The summed E-state index contributed by atoms with van der Waals surface area (Å²) in [5.41, 5.74) is 3.79. The number of anilines is 2. The van der Waals surface area contributed by atoms with E-state index in [9.17, 15) is 14.7 Å². The quantitative estimate of drug-likeness (QED) is 0.276. The molecule has 2 aliphatic heterocycles. The van der Waals surface area contributed by atoms with Gasteiger partial charge in [-0.05, 0) is 68.1 Å². The molecule has 0 bridgehead atoms. The molecular formula is C35H38FN7O4S. The molecule has 48 heavy (non-hydrogen) atoms. The molecule has 3 aliphatic rings. The zero-order chi connectivity index (χ0) is 33.5. The van der Waals surface area contributed by atoms with E-state index in [4.69, 9.17) is 4.74 Å². The summed E-state index contributed by atoms with van der Waals surface area (Å²) in [5, 5.41) is 19.7. The predicted molar refractivity (Wildman–Crippen MR) is 185 cm³/mol. The molecule has 13 heteroatoms. The smallest absolute Gasteiger partial charge is 0.302 e. The van der Waals surface area contributed by atoms with Gasteiger partial charge >= 0.3 is 5.97 Å². The molecule has 1 unspecified atom stereocenters. The lowest BCUT2D eigenvalue weighted by Gasteiger charge is -2.34. The molecule has 3 aromatic heterocycles. The minimum Gasteiger partial charge on any atom is -0.461 e. The highest BCUT2D eigenvalue weighted by Crippen LogP contribution is 2.36. The maximum absolute atomic E-state index is 15.5. The number of halogens is 1. The number of aliphatic hydroxyl groups excluding tert-OH is 1. The molecule has 0 spiro atoms. The van der Waals surface area contributed by atoms with Gasteiger partial charge in [0.05, 0.1) is 29.5 Å². The Bertz CT molecular complexity index is 2000. The van der Waals surface area contributed by atoms with Crippen molar-refractivity contribution in [1.29, 1.82) is 0 Å². The van der Waals surface area contributed by atoms with Gasteiger partial charge in [-0.25, -0.2) is 9.37 Å². The second-order valence-electron chi connectivity index (χ2n) is 12.6. The molecule has 0 radical (unpaired) electrons. The second-order valence-corrected chi connectivity index (χ2v) is 13.7. The molecule has 250 valence electrons. The van der Waals surface area contributed by atoms with Crippen LogP contribution in [-0.4, -0.2) is 82.1 Å². The number of piperazine rings is 1. The number of carbonyl (C=O) groups is 1. The Balaban J connectivity index is 1.26. The number of carbonyl (C=O) groups excluding carboxylic acids is 1. The third-order valence-corrected chi connectivity index (χ3v) is 10.6. The normalized spacial score (nSPS) is 18.4. The summed E-state index contributed by atoms with van der Waals surface area (Å²) in [6, 6.07) is 6.44. The van der Waals surface area contributed by atoms with Crippen molar-refractivity contribution in [3.63, 3.8) is 0 Å². The van der Waals surface area contributed by atoms with E-state index >= 15 is 4.39 Å². The van der Waals surface area contributed by atoms with Crippen molar-refractivity contribution in [3.8, 4) is 5.69 Å². The van der Waals surface area contributed by atoms with Gasteiger partial charge in [0.2, 0.25) is 0 Å². The van der Waals surface area contributed by atoms with E-state index in [-0.39, 0.29) is 17.9 Å². The minimum atomic E-state index is -1.03. The van der Waals surface area contributed by atoms with Crippen molar-refractivity contribution in [3.05, 3.63) is 92.4 Å². The topological polar surface area (TPSA) is 116 Å². The summed E-state index contributed by atoms with van der Waals surface area (Å²) in [7, 11) is 3.81. The predicted octanol–water partition coefficient (Wildman–Crippen LogP) is 4.28. The Morgan fingerprint density at radius 3 is 2.67 bits per heavy atom. The standard InChI is InChI=1S/C35H38FN7O4S/c1-21(44)47-20-28-26(15-23(36)16-30(28)43-35(46)33-27(18-38-43)25-6-4-5-7-31(25)48-33)22-14-29(34(45)41(3)19-22)39-32-9-8-24(17-37-32)42-12-10-40(2)11-13-42/h8-9,14-19,34,45H,4-7,10-13,20H2,1-3H3,(H,37,39). The first-order chi connectivity index (χ1) is 23.2. The molecule has 11 nitrogen and oxygen atoms in total. The molecule has 1 saturated heterocycles. The second kappa shape index (κ2) is 13.1. The molecule has 1 aliphatic carbocycles. The van der Waals surface area contributed by atoms with E-state index < -0.39 is 18.0 Å². The molecule has 4 aromatic rings. The monoisotopic (exact) mass is 671 g/mol. The van der Waals surface area contributed by atoms with Crippen molar-refractivity contribution in [1.82, 2.24) is 24.6 Å². The summed E-state index contributed by atoms with van der Waals surface area (Å²) < 4.78 is 22.7. The molecule has 0 saturated carbocycles. The lowest BCUT2D eigenvalue weighted by atomic mass is 9.95. The van der Waals surface area contributed by atoms with Crippen LogP contribution >= 0.6 is 11.3 Å². The molecule has 1 atom stereocenters. The van der Waals surface area contributed by atoms with Gasteiger partial charge in [0.1, 0.15) is 22.9 Å². The number of aryl methyl sites for hydroxylation is 2. The number of hydrogen-bond acceptors (Lipinski definition) is 11. The number of thiophene rings is 1. The molecule has 2 N–H and O–H groups in total. The summed E-state index contributed by atoms with van der Waals surface area (Å²) in [4.78, 5) is 37.9.